The summed E-state index contributed by atoms with van der Waals surface area (Å²) in [6, 6.07) is 7.49. The molecule has 0 radical (unpaired) electrons. The number of piperidine rings is 1. The molecule has 24 heavy (non-hydrogen) atoms. The molecule has 2 aliphatic rings. The minimum absolute atomic E-state index is 0.0161. The van der Waals surface area contributed by atoms with Gasteiger partial charge in [-0.1, -0.05) is 12.1 Å². The van der Waals surface area contributed by atoms with Crippen LogP contribution in [0.3, 0.4) is 0 Å². The summed E-state index contributed by atoms with van der Waals surface area (Å²) in [4.78, 5) is 17.2. The molecule has 6 heteroatoms. The molecule has 1 atom stereocenters. The fourth-order valence-electron chi connectivity index (χ4n) is 3.77. The largest absolute Gasteiger partial charge is 0.337 e. The number of amides is 1. The van der Waals surface area contributed by atoms with Gasteiger partial charge in [0.1, 0.15) is 0 Å². The first-order chi connectivity index (χ1) is 11.4. The van der Waals surface area contributed by atoms with Crippen molar-refractivity contribution in [2.45, 2.75) is 37.5 Å². The number of benzene rings is 1. The molecular formula is C18H26N2O3S. The minimum Gasteiger partial charge on any atom is -0.337 e. The van der Waals surface area contributed by atoms with Crippen molar-refractivity contribution in [3.8, 4) is 0 Å². The molecule has 1 unspecified atom stereocenters. The van der Waals surface area contributed by atoms with E-state index in [0.29, 0.717) is 11.6 Å². The Kier molecular flexibility index (Phi) is 5.25. The minimum atomic E-state index is -3.05. The maximum atomic E-state index is 12.7. The molecular weight excluding hydrogens is 324 g/mol. The van der Waals surface area contributed by atoms with Crippen LogP contribution in [0.2, 0.25) is 0 Å². The summed E-state index contributed by atoms with van der Waals surface area (Å²) in [6.07, 6.45) is 5.99. The molecule has 1 aromatic carbocycles. The molecule has 0 N–H and O–H groups in total. The molecule has 0 bridgehead atoms. The molecule has 3 rings (SSSR count). The first-order valence-electron chi connectivity index (χ1n) is 8.72. The number of rotatable bonds is 4. The van der Waals surface area contributed by atoms with Crippen LogP contribution in [-0.4, -0.2) is 62.6 Å². The van der Waals surface area contributed by atoms with Gasteiger partial charge in [-0.2, -0.15) is 0 Å². The molecule has 2 aliphatic heterocycles. The molecule has 0 saturated carbocycles. The van der Waals surface area contributed by atoms with Gasteiger partial charge in [-0.15, -0.1) is 0 Å². The monoisotopic (exact) mass is 350 g/mol. The maximum absolute atomic E-state index is 12.7. The summed E-state index contributed by atoms with van der Waals surface area (Å²) < 4.78 is 22.7. The van der Waals surface area contributed by atoms with Gasteiger partial charge in [0, 0.05) is 31.0 Å². The first kappa shape index (κ1) is 17.4. The normalized spacial score (nSPS) is 22.7. The lowest BCUT2D eigenvalue weighted by molar-refractivity contribution is 0.0608. The van der Waals surface area contributed by atoms with Crippen molar-refractivity contribution in [2.24, 2.45) is 0 Å². The molecule has 1 aromatic rings. The quantitative estimate of drug-likeness (QED) is 0.833. The van der Waals surface area contributed by atoms with Gasteiger partial charge in [0.05, 0.1) is 5.75 Å². The summed E-state index contributed by atoms with van der Waals surface area (Å²) >= 11 is 0. The molecule has 0 aromatic heterocycles. The highest BCUT2D eigenvalue weighted by Gasteiger charge is 2.29. The van der Waals surface area contributed by atoms with E-state index in [0.717, 1.165) is 38.2 Å². The van der Waals surface area contributed by atoms with Crippen molar-refractivity contribution in [3.05, 3.63) is 35.4 Å². The van der Waals surface area contributed by atoms with Gasteiger partial charge in [-0.05, 0) is 56.5 Å². The first-order valence-corrected chi connectivity index (χ1v) is 10.8. The lowest BCUT2D eigenvalue weighted by atomic mass is 10.0. The topological polar surface area (TPSA) is 57.7 Å². The number of carbonyl (C=O) groups is 1. The van der Waals surface area contributed by atoms with Crippen molar-refractivity contribution in [1.82, 2.24) is 9.80 Å². The third kappa shape index (κ3) is 4.36. The van der Waals surface area contributed by atoms with E-state index in [1.54, 1.807) is 24.3 Å². The lowest BCUT2D eigenvalue weighted by Crippen LogP contribution is -2.48. The Bertz CT molecular complexity index is 679. The SMILES string of the molecule is CS(=O)(=O)Cc1ccc(C(=O)N2CCCC(N3CCCC3)C2)cc1. The predicted octanol–water partition coefficient (Wildman–Crippen LogP) is 1.93. The van der Waals surface area contributed by atoms with Crippen LogP contribution in [0.25, 0.3) is 0 Å². The zero-order valence-electron chi connectivity index (χ0n) is 14.3. The summed E-state index contributed by atoms with van der Waals surface area (Å²) in [7, 11) is -3.05. The number of likely N-dealkylation sites (tertiary alicyclic amines) is 2. The summed E-state index contributed by atoms with van der Waals surface area (Å²) in [5.74, 6) is 0.0761. The molecule has 0 spiro atoms. The Labute approximate surface area is 144 Å². The standard InChI is InChI=1S/C18H26N2O3S/c1-24(22,23)14-15-6-8-16(9-7-15)18(21)20-12-4-5-17(13-20)19-10-2-3-11-19/h6-9,17H,2-5,10-14H2,1H3. The van der Waals surface area contributed by atoms with Crippen molar-refractivity contribution in [2.75, 3.05) is 32.4 Å². The van der Waals surface area contributed by atoms with Crippen LogP contribution in [0.1, 0.15) is 41.6 Å². The number of nitrogens with zero attached hydrogens (tertiary/aromatic N) is 2. The van der Waals surface area contributed by atoms with E-state index in [1.165, 1.54) is 25.5 Å². The van der Waals surface area contributed by atoms with Crippen LogP contribution in [0.5, 0.6) is 0 Å². The number of carbonyl (C=O) groups excluding carboxylic acids is 1. The second-order valence-corrected chi connectivity index (χ2v) is 9.20. The van der Waals surface area contributed by atoms with Crippen LogP contribution < -0.4 is 0 Å². The third-order valence-electron chi connectivity index (χ3n) is 4.97. The average molecular weight is 350 g/mol. The van der Waals surface area contributed by atoms with Gasteiger partial charge in [0.2, 0.25) is 0 Å². The molecule has 132 valence electrons. The maximum Gasteiger partial charge on any atom is 0.253 e. The van der Waals surface area contributed by atoms with E-state index >= 15 is 0 Å². The van der Waals surface area contributed by atoms with E-state index in [2.05, 4.69) is 4.90 Å². The predicted molar refractivity (Wildman–Crippen MR) is 94.7 cm³/mol. The Morgan fingerprint density at radius 3 is 2.38 bits per heavy atom. The van der Waals surface area contributed by atoms with Crippen LogP contribution in [0.4, 0.5) is 0 Å². The summed E-state index contributed by atoms with van der Waals surface area (Å²) in [5, 5.41) is 0. The number of sulfone groups is 1. The highest BCUT2D eigenvalue weighted by molar-refractivity contribution is 7.89. The Morgan fingerprint density at radius 1 is 1.08 bits per heavy atom. The van der Waals surface area contributed by atoms with Gasteiger partial charge in [-0.25, -0.2) is 8.42 Å². The van der Waals surface area contributed by atoms with E-state index in [-0.39, 0.29) is 11.7 Å². The zero-order valence-corrected chi connectivity index (χ0v) is 15.1. The second kappa shape index (κ2) is 7.23. The summed E-state index contributed by atoms with van der Waals surface area (Å²) in [6.45, 7) is 3.94. The molecule has 1 amide bonds. The van der Waals surface area contributed by atoms with Crippen molar-refractivity contribution in [3.63, 3.8) is 0 Å². The summed E-state index contributed by atoms with van der Waals surface area (Å²) in [5.41, 5.74) is 1.37. The highest BCUT2D eigenvalue weighted by Crippen LogP contribution is 2.22. The fraction of sp³-hybridized carbons (Fsp3) is 0.611. The Morgan fingerprint density at radius 2 is 1.75 bits per heavy atom. The van der Waals surface area contributed by atoms with Gasteiger partial charge in [0.15, 0.2) is 9.84 Å². The molecule has 5 nitrogen and oxygen atoms in total. The molecule has 2 saturated heterocycles. The van der Waals surface area contributed by atoms with Crippen molar-refractivity contribution < 1.29 is 13.2 Å². The zero-order chi connectivity index (χ0) is 17.2. The lowest BCUT2D eigenvalue weighted by Gasteiger charge is -2.37. The van der Waals surface area contributed by atoms with Crippen LogP contribution >= 0.6 is 0 Å². The van der Waals surface area contributed by atoms with Crippen LogP contribution in [0.15, 0.2) is 24.3 Å². The van der Waals surface area contributed by atoms with Crippen LogP contribution in [-0.2, 0) is 15.6 Å². The molecule has 2 fully saturated rings. The van der Waals surface area contributed by atoms with Gasteiger partial charge in [-0.3, -0.25) is 9.69 Å². The van der Waals surface area contributed by atoms with Gasteiger partial charge >= 0.3 is 0 Å². The van der Waals surface area contributed by atoms with E-state index in [1.807, 2.05) is 4.90 Å². The van der Waals surface area contributed by atoms with E-state index < -0.39 is 9.84 Å². The average Bonchev–Trinajstić information content (AvgIpc) is 3.08. The number of hydrogen-bond donors (Lipinski definition) is 0. The molecule has 2 heterocycles. The van der Waals surface area contributed by atoms with Gasteiger partial charge < -0.3 is 4.90 Å². The van der Waals surface area contributed by atoms with E-state index in [4.69, 9.17) is 0 Å². The van der Waals surface area contributed by atoms with Gasteiger partial charge in [0.25, 0.3) is 5.91 Å². The second-order valence-electron chi connectivity index (χ2n) is 7.06. The van der Waals surface area contributed by atoms with Crippen molar-refractivity contribution in [1.29, 1.82) is 0 Å². The highest BCUT2D eigenvalue weighted by atomic mass is 32.2. The Hall–Kier alpha value is -1.40. The molecule has 0 aliphatic carbocycles. The number of hydrogen-bond acceptors (Lipinski definition) is 4. The van der Waals surface area contributed by atoms with Crippen molar-refractivity contribution >= 4 is 15.7 Å². The van der Waals surface area contributed by atoms with Crippen LogP contribution in [0, 0.1) is 0 Å². The third-order valence-corrected chi connectivity index (χ3v) is 5.83. The smallest absolute Gasteiger partial charge is 0.253 e. The Balaban J connectivity index is 1.64. The van der Waals surface area contributed by atoms with E-state index in [9.17, 15) is 13.2 Å². The fourth-order valence-corrected chi connectivity index (χ4v) is 4.57.